The zero-order chi connectivity index (χ0) is 13.4. The molecule has 18 heavy (non-hydrogen) atoms. The average molecular weight is 256 g/mol. The lowest BCUT2D eigenvalue weighted by atomic mass is 10.3. The SMILES string of the molecule is COCCCN(CCC(=O)N1CCCC1)C(C)=O. The first kappa shape index (κ1) is 15.0. The fraction of sp³-hybridized carbons (Fsp3) is 0.846. The zero-order valence-electron chi connectivity index (χ0n) is 11.5. The van der Waals surface area contributed by atoms with Crippen LogP contribution < -0.4 is 0 Å². The summed E-state index contributed by atoms with van der Waals surface area (Å²) >= 11 is 0. The maximum Gasteiger partial charge on any atom is 0.224 e. The molecule has 2 amide bonds. The van der Waals surface area contributed by atoms with E-state index >= 15 is 0 Å². The van der Waals surface area contributed by atoms with Crippen LogP contribution in [0, 0.1) is 0 Å². The number of ether oxygens (including phenoxy) is 1. The Hall–Kier alpha value is -1.10. The van der Waals surface area contributed by atoms with Crippen molar-refractivity contribution in [2.24, 2.45) is 0 Å². The summed E-state index contributed by atoms with van der Waals surface area (Å²) in [6.07, 6.45) is 3.46. The van der Waals surface area contributed by atoms with Crippen molar-refractivity contribution in [2.45, 2.75) is 32.6 Å². The summed E-state index contributed by atoms with van der Waals surface area (Å²) in [6, 6.07) is 0. The van der Waals surface area contributed by atoms with E-state index in [0.29, 0.717) is 26.1 Å². The van der Waals surface area contributed by atoms with Gasteiger partial charge >= 0.3 is 0 Å². The molecule has 0 aromatic rings. The van der Waals surface area contributed by atoms with Gasteiger partial charge in [0.2, 0.25) is 11.8 Å². The number of likely N-dealkylation sites (tertiary alicyclic amines) is 1. The van der Waals surface area contributed by atoms with E-state index in [1.165, 1.54) is 0 Å². The van der Waals surface area contributed by atoms with Crippen molar-refractivity contribution in [1.82, 2.24) is 9.80 Å². The van der Waals surface area contributed by atoms with Crippen LogP contribution in [0.5, 0.6) is 0 Å². The first-order valence-electron chi connectivity index (χ1n) is 6.67. The molecule has 0 aliphatic carbocycles. The monoisotopic (exact) mass is 256 g/mol. The zero-order valence-corrected chi connectivity index (χ0v) is 11.5. The Morgan fingerprint density at radius 2 is 1.89 bits per heavy atom. The first-order valence-corrected chi connectivity index (χ1v) is 6.67. The predicted molar refractivity (Wildman–Crippen MR) is 69.2 cm³/mol. The van der Waals surface area contributed by atoms with Crippen molar-refractivity contribution in [2.75, 3.05) is 39.9 Å². The van der Waals surface area contributed by atoms with Crippen molar-refractivity contribution in [3.8, 4) is 0 Å². The molecular weight excluding hydrogens is 232 g/mol. The molecule has 0 aromatic heterocycles. The summed E-state index contributed by atoms with van der Waals surface area (Å²) in [5, 5.41) is 0. The number of rotatable bonds is 7. The molecule has 1 rings (SSSR count). The maximum absolute atomic E-state index is 11.9. The van der Waals surface area contributed by atoms with Gasteiger partial charge in [0.1, 0.15) is 0 Å². The van der Waals surface area contributed by atoms with Crippen molar-refractivity contribution in [3.05, 3.63) is 0 Å². The lowest BCUT2D eigenvalue weighted by Gasteiger charge is -2.22. The maximum atomic E-state index is 11.9. The van der Waals surface area contributed by atoms with E-state index < -0.39 is 0 Å². The smallest absolute Gasteiger partial charge is 0.224 e. The van der Waals surface area contributed by atoms with Gasteiger partial charge < -0.3 is 14.5 Å². The first-order chi connectivity index (χ1) is 8.65. The molecule has 5 nitrogen and oxygen atoms in total. The Morgan fingerprint density at radius 3 is 2.44 bits per heavy atom. The third-order valence-corrected chi connectivity index (χ3v) is 3.28. The van der Waals surface area contributed by atoms with Gasteiger partial charge in [-0.2, -0.15) is 0 Å². The van der Waals surface area contributed by atoms with E-state index in [4.69, 9.17) is 4.74 Å². The molecule has 0 atom stereocenters. The molecule has 1 aliphatic heterocycles. The molecule has 0 unspecified atom stereocenters. The Balaban J connectivity index is 2.27. The fourth-order valence-corrected chi connectivity index (χ4v) is 2.18. The quantitative estimate of drug-likeness (QED) is 0.635. The van der Waals surface area contributed by atoms with Gasteiger partial charge in [0.15, 0.2) is 0 Å². The van der Waals surface area contributed by atoms with Crippen molar-refractivity contribution >= 4 is 11.8 Å². The molecule has 5 heteroatoms. The van der Waals surface area contributed by atoms with Crippen LogP contribution in [0.15, 0.2) is 0 Å². The molecule has 104 valence electrons. The van der Waals surface area contributed by atoms with Crippen LogP contribution in [-0.2, 0) is 14.3 Å². The van der Waals surface area contributed by atoms with Crippen LogP contribution in [0.25, 0.3) is 0 Å². The second-order valence-corrected chi connectivity index (χ2v) is 4.69. The molecular formula is C13H24N2O3. The van der Waals surface area contributed by atoms with Crippen molar-refractivity contribution in [1.29, 1.82) is 0 Å². The number of carbonyl (C=O) groups excluding carboxylic acids is 2. The summed E-state index contributed by atoms with van der Waals surface area (Å²) in [7, 11) is 1.65. The normalized spacial score (nSPS) is 14.9. The van der Waals surface area contributed by atoms with E-state index in [2.05, 4.69) is 0 Å². The molecule has 0 radical (unpaired) electrons. The molecule has 1 aliphatic rings. The summed E-state index contributed by atoms with van der Waals surface area (Å²) in [6.45, 7) is 5.13. The second kappa shape index (κ2) is 8.08. The standard InChI is InChI=1S/C13H24N2O3/c1-12(16)14(9-5-11-18-2)10-6-13(17)15-7-3-4-8-15/h3-11H2,1-2H3. The van der Waals surface area contributed by atoms with Crippen LogP contribution >= 0.6 is 0 Å². The van der Waals surface area contributed by atoms with Gasteiger partial charge in [0.25, 0.3) is 0 Å². The number of carbonyl (C=O) groups is 2. The van der Waals surface area contributed by atoms with E-state index in [1.54, 1.807) is 18.9 Å². The third-order valence-electron chi connectivity index (χ3n) is 3.28. The van der Waals surface area contributed by atoms with Gasteiger partial charge in [-0.15, -0.1) is 0 Å². The number of hydrogen-bond acceptors (Lipinski definition) is 3. The summed E-state index contributed by atoms with van der Waals surface area (Å²) in [4.78, 5) is 26.9. The van der Waals surface area contributed by atoms with Crippen LogP contribution in [0.4, 0.5) is 0 Å². The van der Waals surface area contributed by atoms with E-state index in [9.17, 15) is 9.59 Å². The molecule has 0 bridgehead atoms. The van der Waals surface area contributed by atoms with Gasteiger partial charge in [0.05, 0.1) is 0 Å². The van der Waals surface area contributed by atoms with Gasteiger partial charge in [-0.1, -0.05) is 0 Å². The lowest BCUT2D eigenvalue weighted by Crippen LogP contribution is -2.35. The average Bonchev–Trinajstić information content (AvgIpc) is 2.86. The van der Waals surface area contributed by atoms with Crippen LogP contribution in [-0.4, -0.2) is 61.5 Å². The second-order valence-electron chi connectivity index (χ2n) is 4.69. The summed E-state index contributed by atoms with van der Waals surface area (Å²) in [5.74, 6) is 0.200. The van der Waals surface area contributed by atoms with E-state index in [-0.39, 0.29) is 11.8 Å². The Bertz CT molecular complexity index is 275. The van der Waals surface area contributed by atoms with Gasteiger partial charge in [0, 0.05) is 53.2 Å². The van der Waals surface area contributed by atoms with Crippen LogP contribution in [0.1, 0.15) is 32.6 Å². The highest BCUT2D eigenvalue weighted by Gasteiger charge is 2.19. The highest BCUT2D eigenvalue weighted by molar-refractivity contribution is 5.78. The fourth-order valence-electron chi connectivity index (χ4n) is 2.18. The van der Waals surface area contributed by atoms with Gasteiger partial charge in [-0.3, -0.25) is 9.59 Å². The van der Waals surface area contributed by atoms with Crippen LogP contribution in [0.2, 0.25) is 0 Å². The van der Waals surface area contributed by atoms with Gasteiger partial charge in [-0.25, -0.2) is 0 Å². The number of methoxy groups -OCH3 is 1. The van der Waals surface area contributed by atoms with Crippen molar-refractivity contribution < 1.29 is 14.3 Å². The largest absolute Gasteiger partial charge is 0.385 e. The summed E-state index contributed by atoms with van der Waals surface area (Å²) < 4.78 is 4.97. The Labute approximate surface area is 109 Å². The molecule has 0 spiro atoms. The minimum atomic E-state index is 0.0281. The molecule has 1 saturated heterocycles. The van der Waals surface area contributed by atoms with Crippen LogP contribution in [0.3, 0.4) is 0 Å². The molecule has 1 heterocycles. The van der Waals surface area contributed by atoms with Gasteiger partial charge in [-0.05, 0) is 19.3 Å². The lowest BCUT2D eigenvalue weighted by molar-refractivity contribution is -0.132. The van der Waals surface area contributed by atoms with E-state index in [1.807, 2.05) is 4.90 Å². The Morgan fingerprint density at radius 1 is 1.22 bits per heavy atom. The predicted octanol–water partition coefficient (Wildman–Crippen LogP) is 0.884. The van der Waals surface area contributed by atoms with Crippen molar-refractivity contribution in [3.63, 3.8) is 0 Å². The highest BCUT2D eigenvalue weighted by atomic mass is 16.5. The molecule has 0 N–H and O–H groups in total. The van der Waals surface area contributed by atoms with E-state index in [0.717, 1.165) is 32.4 Å². The summed E-state index contributed by atoms with van der Waals surface area (Å²) in [5.41, 5.74) is 0. The molecule has 0 saturated carbocycles. The third kappa shape index (κ3) is 5.04. The number of amides is 2. The highest BCUT2D eigenvalue weighted by Crippen LogP contribution is 2.09. The number of hydrogen-bond donors (Lipinski definition) is 0. The molecule has 0 aromatic carbocycles. The topological polar surface area (TPSA) is 49.9 Å². The minimum Gasteiger partial charge on any atom is -0.385 e. The minimum absolute atomic E-state index is 0.0281. The number of nitrogens with zero attached hydrogens (tertiary/aromatic N) is 2. The Kier molecular flexibility index (Phi) is 6.72. The molecule has 1 fully saturated rings.